The van der Waals surface area contributed by atoms with Crippen molar-refractivity contribution in [2.24, 2.45) is 0 Å². The van der Waals surface area contributed by atoms with Gasteiger partial charge in [0, 0.05) is 25.7 Å². The lowest BCUT2D eigenvalue weighted by atomic mass is 9.86. The van der Waals surface area contributed by atoms with E-state index in [4.69, 9.17) is 4.42 Å². The van der Waals surface area contributed by atoms with E-state index in [0.29, 0.717) is 36.5 Å². The highest BCUT2D eigenvalue weighted by molar-refractivity contribution is 5.98. The van der Waals surface area contributed by atoms with Crippen LogP contribution in [-0.2, 0) is 18.6 Å². The quantitative estimate of drug-likeness (QED) is 0.730. The van der Waals surface area contributed by atoms with E-state index in [0.717, 1.165) is 11.1 Å². The van der Waals surface area contributed by atoms with E-state index < -0.39 is 5.66 Å². The Hall–Kier alpha value is -3.61. The van der Waals surface area contributed by atoms with Gasteiger partial charge in [-0.15, -0.1) is 0 Å². The van der Waals surface area contributed by atoms with Crippen LogP contribution in [0.2, 0.25) is 0 Å². The number of aromatic nitrogens is 1. The first-order chi connectivity index (χ1) is 14.6. The summed E-state index contributed by atoms with van der Waals surface area (Å²) in [7, 11) is 0. The molecular weight excluding hydrogens is 380 g/mol. The van der Waals surface area contributed by atoms with E-state index in [1.165, 1.54) is 0 Å². The monoisotopic (exact) mass is 402 g/mol. The molecule has 3 amide bonds. The summed E-state index contributed by atoms with van der Waals surface area (Å²) >= 11 is 0. The Balaban J connectivity index is 1.57. The minimum absolute atomic E-state index is 0.0914. The average molecular weight is 402 g/mol. The maximum Gasteiger partial charge on any atom is 0.319 e. The predicted molar refractivity (Wildman–Crippen MR) is 109 cm³/mol. The van der Waals surface area contributed by atoms with Crippen molar-refractivity contribution in [2.75, 3.05) is 13.1 Å². The van der Waals surface area contributed by atoms with E-state index in [1.54, 1.807) is 29.5 Å². The van der Waals surface area contributed by atoms with E-state index in [2.05, 4.69) is 10.3 Å². The Labute approximate surface area is 174 Å². The molecule has 1 atom stereocenters. The van der Waals surface area contributed by atoms with Crippen LogP contribution in [0, 0.1) is 6.92 Å². The van der Waals surface area contributed by atoms with Crippen molar-refractivity contribution >= 4 is 11.9 Å². The molecule has 5 rings (SSSR count). The zero-order valence-electron chi connectivity index (χ0n) is 16.7. The summed E-state index contributed by atoms with van der Waals surface area (Å²) in [5.41, 5.74) is 2.44. The van der Waals surface area contributed by atoms with Crippen molar-refractivity contribution in [1.29, 1.82) is 0 Å². The molecule has 2 aliphatic rings. The summed E-state index contributed by atoms with van der Waals surface area (Å²) in [4.78, 5) is 34.7. The van der Waals surface area contributed by atoms with Gasteiger partial charge in [-0.3, -0.25) is 14.7 Å². The summed E-state index contributed by atoms with van der Waals surface area (Å²) in [6.07, 6.45) is 3.72. The molecule has 3 aromatic rings. The molecule has 0 aliphatic carbocycles. The van der Waals surface area contributed by atoms with Crippen LogP contribution in [0.5, 0.6) is 0 Å². The number of pyridine rings is 1. The number of hydrogen-bond acceptors (Lipinski definition) is 4. The lowest BCUT2D eigenvalue weighted by Crippen LogP contribution is -2.60. The normalized spacial score (nSPS) is 20.1. The Morgan fingerprint density at radius 3 is 2.77 bits per heavy atom. The Kier molecular flexibility index (Phi) is 4.31. The maximum atomic E-state index is 13.4. The van der Waals surface area contributed by atoms with Crippen LogP contribution in [-0.4, -0.2) is 39.8 Å². The highest BCUT2D eigenvalue weighted by Crippen LogP contribution is 2.44. The largest absolute Gasteiger partial charge is 0.467 e. The number of amides is 3. The molecule has 1 saturated heterocycles. The lowest BCUT2D eigenvalue weighted by molar-refractivity contribution is 0.0194. The first kappa shape index (κ1) is 18.4. The Bertz CT molecular complexity index is 1090. The highest BCUT2D eigenvalue weighted by Gasteiger charge is 2.56. The van der Waals surface area contributed by atoms with Gasteiger partial charge in [0.2, 0.25) is 0 Å². The molecule has 30 heavy (non-hydrogen) atoms. The standard InChI is InChI=1S/C23H22N4O3/c1-16-6-8-17(9-7-16)23-14-20-19(5-2-10-24-20)21(28)26(23)11-12-27(23)22(29)25-15-18-4-3-13-30-18/h2-10,13H,11-12,14-15H2,1H3,(H,25,29). The SMILES string of the molecule is Cc1ccc(C23Cc4ncccc4C(=O)N2CCN3C(=O)NCc2ccco2)cc1. The van der Waals surface area contributed by atoms with Gasteiger partial charge in [0.15, 0.2) is 5.66 Å². The topological polar surface area (TPSA) is 78.7 Å². The van der Waals surface area contributed by atoms with Crippen molar-refractivity contribution in [3.05, 3.63) is 89.1 Å². The summed E-state index contributed by atoms with van der Waals surface area (Å²) in [6.45, 7) is 3.21. The van der Waals surface area contributed by atoms with Crippen LogP contribution >= 0.6 is 0 Å². The molecule has 0 bridgehead atoms. The molecule has 0 spiro atoms. The van der Waals surface area contributed by atoms with Gasteiger partial charge in [0.1, 0.15) is 5.76 Å². The number of nitrogens with one attached hydrogen (secondary N) is 1. The summed E-state index contributed by atoms with van der Waals surface area (Å²) < 4.78 is 5.33. The number of carbonyl (C=O) groups excluding carboxylic acids is 2. The second kappa shape index (κ2) is 7.02. The van der Waals surface area contributed by atoms with Crippen LogP contribution in [0.25, 0.3) is 0 Å². The Morgan fingerprint density at radius 2 is 2.00 bits per heavy atom. The van der Waals surface area contributed by atoms with Gasteiger partial charge >= 0.3 is 6.03 Å². The number of hydrogen-bond donors (Lipinski definition) is 1. The number of furan rings is 1. The molecule has 152 valence electrons. The molecule has 1 N–H and O–H groups in total. The molecule has 1 aromatic carbocycles. The number of urea groups is 1. The smallest absolute Gasteiger partial charge is 0.319 e. The molecule has 1 unspecified atom stereocenters. The zero-order chi connectivity index (χ0) is 20.7. The molecule has 7 heteroatoms. The first-order valence-electron chi connectivity index (χ1n) is 10.0. The second-order valence-electron chi connectivity index (χ2n) is 7.70. The molecule has 2 aliphatic heterocycles. The van der Waals surface area contributed by atoms with E-state index in [9.17, 15) is 9.59 Å². The Morgan fingerprint density at radius 1 is 1.17 bits per heavy atom. The molecule has 4 heterocycles. The van der Waals surface area contributed by atoms with Gasteiger partial charge in [0.25, 0.3) is 5.91 Å². The van der Waals surface area contributed by atoms with Gasteiger partial charge in [-0.2, -0.15) is 0 Å². The number of nitrogens with zero attached hydrogens (tertiary/aromatic N) is 3. The number of aryl methyl sites for hydroxylation is 1. The van der Waals surface area contributed by atoms with Gasteiger partial charge in [-0.1, -0.05) is 29.8 Å². The predicted octanol–water partition coefficient (Wildman–Crippen LogP) is 3.06. The maximum absolute atomic E-state index is 13.4. The number of fused-ring (bicyclic) bond motifs is 2. The molecule has 0 saturated carbocycles. The fourth-order valence-electron chi connectivity index (χ4n) is 4.50. The highest BCUT2D eigenvalue weighted by atomic mass is 16.3. The van der Waals surface area contributed by atoms with E-state index >= 15 is 0 Å². The van der Waals surface area contributed by atoms with Crippen LogP contribution in [0.1, 0.15) is 32.9 Å². The van der Waals surface area contributed by atoms with Crippen LogP contribution in [0.3, 0.4) is 0 Å². The van der Waals surface area contributed by atoms with Crippen LogP contribution in [0.15, 0.2) is 65.4 Å². The third kappa shape index (κ3) is 2.77. The minimum atomic E-state index is -0.903. The molecule has 1 fully saturated rings. The second-order valence-corrected chi connectivity index (χ2v) is 7.70. The summed E-state index contributed by atoms with van der Waals surface area (Å²) in [5.74, 6) is 0.585. The van der Waals surface area contributed by atoms with Crippen molar-refractivity contribution in [2.45, 2.75) is 25.6 Å². The van der Waals surface area contributed by atoms with Gasteiger partial charge < -0.3 is 14.6 Å². The van der Waals surface area contributed by atoms with Crippen LogP contribution < -0.4 is 5.32 Å². The summed E-state index contributed by atoms with van der Waals surface area (Å²) in [5, 5.41) is 2.94. The number of benzene rings is 1. The van der Waals surface area contributed by atoms with Crippen molar-refractivity contribution < 1.29 is 14.0 Å². The van der Waals surface area contributed by atoms with Gasteiger partial charge in [-0.25, -0.2) is 4.79 Å². The third-order valence-corrected chi connectivity index (χ3v) is 5.97. The zero-order valence-corrected chi connectivity index (χ0v) is 16.7. The first-order valence-corrected chi connectivity index (χ1v) is 10.0. The average Bonchev–Trinajstić information content (AvgIpc) is 3.41. The van der Waals surface area contributed by atoms with Crippen molar-refractivity contribution in [1.82, 2.24) is 20.1 Å². The molecule has 7 nitrogen and oxygen atoms in total. The molecular formula is C23H22N4O3. The fourth-order valence-corrected chi connectivity index (χ4v) is 4.50. The summed E-state index contributed by atoms with van der Waals surface area (Å²) in [6, 6.07) is 15.0. The molecule has 0 radical (unpaired) electrons. The third-order valence-electron chi connectivity index (χ3n) is 5.97. The van der Waals surface area contributed by atoms with E-state index in [1.807, 2.05) is 48.2 Å². The van der Waals surface area contributed by atoms with E-state index in [-0.39, 0.29) is 18.5 Å². The number of rotatable bonds is 3. The van der Waals surface area contributed by atoms with Crippen LogP contribution in [0.4, 0.5) is 4.79 Å². The number of carbonyl (C=O) groups is 2. The van der Waals surface area contributed by atoms with Gasteiger partial charge in [0.05, 0.1) is 24.1 Å². The molecule has 2 aromatic heterocycles. The fraction of sp³-hybridized carbons (Fsp3) is 0.261. The lowest BCUT2D eigenvalue weighted by Gasteiger charge is -2.46. The van der Waals surface area contributed by atoms with Gasteiger partial charge in [-0.05, 0) is 36.8 Å². The minimum Gasteiger partial charge on any atom is -0.467 e. The van der Waals surface area contributed by atoms with Crippen molar-refractivity contribution in [3.8, 4) is 0 Å². The van der Waals surface area contributed by atoms with Crippen molar-refractivity contribution in [3.63, 3.8) is 0 Å².